The van der Waals surface area contributed by atoms with E-state index in [4.69, 9.17) is 32.7 Å². The first kappa shape index (κ1) is 43.1. The Hall–Kier alpha value is -3.44. The third-order valence-electron chi connectivity index (χ3n) is 11.0. The molecule has 0 spiro atoms. The summed E-state index contributed by atoms with van der Waals surface area (Å²) in [5, 5.41) is 0.808. The Balaban J connectivity index is 0.000000162. The molecular formula is C40H39BrCl2F2N2O8S2. The lowest BCUT2D eigenvalue weighted by Gasteiger charge is -2.71. The number of hydrogen-bond acceptors (Lipinski definition) is 8. The molecule has 1 N–H and O–H groups in total. The van der Waals surface area contributed by atoms with Gasteiger partial charge in [0.15, 0.2) is 0 Å². The minimum Gasteiger partial charge on any atom is -0.469 e. The number of halogens is 5. The number of carbonyl (C=O) groups is 2. The van der Waals surface area contributed by atoms with E-state index in [1.165, 1.54) is 48.9 Å². The number of ether oxygens (including phenoxy) is 2. The number of nitrogens with zero attached hydrogens (tertiary/aromatic N) is 1. The van der Waals surface area contributed by atoms with Gasteiger partial charge in [0.1, 0.15) is 11.6 Å². The molecule has 0 amide bonds. The van der Waals surface area contributed by atoms with E-state index in [0.29, 0.717) is 49.4 Å². The third kappa shape index (κ3) is 8.39. The van der Waals surface area contributed by atoms with Gasteiger partial charge in [-0.25, -0.2) is 30.3 Å². The second kappa shape index (κ2) is 16.3. The van der Waals surface area contributed by atoms with E-state index in [9.17, 15) is 35.2 Å². The Morgan fingerprint density at radius 3 is 1.60 bits per heavy atom. The molecule has 17 heteroatoms. The van der Waals surface area contributed by atoms with Crippen LogP contribution in [-0.4, -0.2) is 58.4 Å². The average Bonchev–Trinajstić information content (AvgIpc) is 3.14. The Morgan fingerprint density at radius 2 is 1.14 bits per heavy atom. The molecule has 6 aliphatic carbocycles. The number of methoxy groups -OCH3 is 2. The Morgan fingerprint density at radius 1 is 0.702 bits per heavy atom. The summed E-state index contributed by atoms with van der Waals surface area (Å²) in [5.41, 5.74) is -0.736. The van der Waals surface area contributed by atoms with Crippen molar-refractivity contribution in [2.24, 2.45) is 10.8 Å². The maximum absolute atomic E-state index is 13.9. The first-order valence-corrected chi connectivity index (χ1v) is 22.5. The van der Waals surface area contributed by atoms with Crippen molar-refractivity contribution in [3.63, 3.8) is 0 Å². The maximum Gasteiger partial charge on any atom is 0.312 e. The Kier molecular flexibility index (Phi) is 12.3. The molecule has 6 saturated carbocycles. The van der Waals surface area contributed by atoms with E-state index >= 15 is 0 Å². The van der Waals surface area contributed by atoms with Crippen LogP contribution < -0.4 is 4.72 Å². The highest BCUT2D eigenvalue weighted by Gasteiger charge is 2.76. The molecule has 4 bridgehead atoms. The van der Waals surface area contributed by atoms with Gasteiger partial charge in [0.25, 0.3) is 0 Å². The molecule has 0 radical (unpaired) electrons. The van der Waals surface area contributed by atoms with Crippen LogP contribution >= 0.6 is 39.1 Å². The fourth-order valence-corrected chi connectivity index (χ4v) is 12.1. The molecule has 6 fully saturated rings. The normalized spacial score (nSPS) is 25.1. The SMILES string of the molecule is COC(=O)C12CC(N(Cc3ccc(Cl)c(F)c3)S(=O)(=O)c3ccccc3)(C1)C2.COC(=O)C12CC(NS(=O)(=O)c3ccccc3)(C1)C2.Fc1cc(CBr)ccc1Cl. The van der Waals surface area contributed by atoms with Crippen LogP contribution in [0.1, 0.15) is 49.7 Å². The number of benzene rings is 4. The van der Waals surface area contributed by atoms with Crippen molar-refractivity contribution < 1.29 is 44.7 Å². The van der Waals surface area contributed by atoms with Gasteiger partial charge in [-0.05, 0) is 98.2 Å². The molecule has 0 aromatic heterocycles. The zero-order valence-electron chi connectivity index (χ0n) is 30.8. The van der Waals surface area contributed by atoms with Crippen LogP contribution in [0.5, 0.6) is 0 Å². The van der Waals surface area contributed by atoms with Gasteiger partial charge in [-0.1, -0.05) is 87.7 Å². The molecule has 6 aliphatic rings. The van der Waals surface area contributed by atoms with Crippen LogP contribution in [0.25, 0.3) is 0 Å². The van der Waals surface area contributed by atoms with Gasteiger partial charge in [-0.3, -0.25) is 9.59 Å². The number of alkyl halides is 1. The molecule has 304 valence electrons. The van der Waals surface area contributed by atoms with E-state index in [0.717, 1.165) is 5.56 Å². The summed E-state index contributed by atoms with van der Waals surface area (Å²) in [7, 11) is -4.64. The van der Waals surface area contributed by atoms with E-state index in [-0.39, 0.29) is 44.1 Å². The summed E-state index contributed by atoms with van der Waals surface area (Å²) in [6.07, 6.45) is 2.86. The van der Waals surface area contributed by atoms with Gasteiger partial charge in [-0.15, -0.1) is 0 Å². The zero-order chi connectivity index (χ0) is 41.4. The molecule has 0 atom stereocenters. The highest BCUT2D eigenvalue weighted by atomic mass is 79.9. The number of hydrogen-bond donors (Lipinski definition) is 1. The van der Waals surface area contributed by atoms with Crippen molar-refractivity contribution in [3.8, 4) is 0 Å². The van der Waals surface area contributed by atoms with Crippen LogP contribution in [0, 0.1) is 22.5 Å². The quantitative estimate of drug-likeness (QED) is 0.118. The summed E-state index contributed by atoms with van der Waals surface area (Å²) < 4.78 is 91.4. The van der Waals surface area contributed by atoms with Crippen molar-refractivity contribution in [1.29, 1.82) is 0 Å². The van der Waals surface area contributed by atoms with Crippen LogP contribution in [0.15, 0.2) is 107 Å². The summed E-state index contributed by atoms with van der Waals surface area (Å²) in [5.74, 6) is -1.49. The van der Waals surface area contributed by atoms with Gasteiger partial charge < -0.3 is 9.47 Å². The predicted octanol–water partition coefficient (Wildman–Crippen LogP) is 8.20. The lowest BCUT2D eigenvalue weighted by molar-refractivity contribution is -0.219. The number of carbonyl (C=O) groups excluding carboxylic acids is 2. The van der Waals surface area contributed by atoms with Gasteiger partial charge in [0.05, 0.1) is 44.9 Å². The Bertz CT molecular complexity index is 2350. The number of sulfonamides is 2. The smallest absolute Gasteiger partial charge is 0.312 e. The van der Waals surface area contributed by atoms with Gasteiger partial charge in [0.2, 0.25) is 20.0 Å². The first-order valence-electron chi connectivity index (χ1n) is 17.7. The lowest BCUT2D eigenvalue weighted by atomic mass is 9.39. The monoisotopic (exact) mass is 926 g/mol. The fourth-order valence-electron chi connectivity index (χ4n) is 8.36. The number of nitrogens with one attached hydrogen (secondary N) is 1. The Labute approximate surface area is 349 Å². The van der Waals surface area contributed by atoms with E-state index in [1.54, 1.807) is 66.7 Å². The summed E-state index contributed by atoms with van der Waals surface area (Å²) in [6.45, 7) is 0.00255. The zero-order valence-corrected chi connectivity index (χ0v) is 35.5. The van der Waals surface area contributed by atoms with Gasteiger partial charge in [0, 0.05) is 23.0 Å². The standard InChI is InChI=1S/C20H19ClFNO4S.C13H15NO4S.C7H5BrClF/c1-27-18(24)19-11-20(12-19,13-19)23(10-14-7-8-16(21)17(22)9-14)28(25,26)15-5-3-2-4-6-15;1-18-11(15)12-7-13(8-12,9-12)14-19(16,17)10-5-3-2-4-6-10;8-4-5-1-2-6(9)7(10)3-5/h2-9H,10-13H2,1H3;2-6,14H,7-9H2,1H3;1-3H,4H2. The first-order chi connectivity index (χ1) is 26.9. The van der Waals surface area contributed by atoms with Crippen LogP contribution in [0.3, 0.4) is 0 Å². The van der Waals surface area contributed by atoms with Gasteiger partial charge >= 0.3 is 11.9 Å². The van der Waals surface area contributed by atoms with E-state index < -0.39 is 47.8 Å². The minimum absolute atomic E-state index is 0.00255. The molecule has 0 heterocycles. The number of rotatable bonds is 11. The lowest BCUT2D eigenvalue weighted by Crippen LogP contribution is -2.77. The minimum atomic E-state index is -3.84. The van der Waals surface area contributed by atoms with E-state index in [1.807, 2.05) is 0 Å². The largest absolute Gasteiger partial charge is 0.469 e. The third-order valence-corrected chi connectivity index (χ3v) is 15.8. The highest BCUT2D eigenvalue weighted by molar-refractivity contribution is 9.08. The summed E-state index contributed by atoms with van der Waals surface area (Å²) >= 11 is 14.4. The number of esters is 2. The molecule has 4 aromatic carbocycles. The summed E-state index contributed by atoms with van der Waals surface area (Å²) in [4.78, 5) is 24.0. The molecule has 10 rings (SSSR count). The maximum atomic E-state index is 13.9. The van der Waals surface area contributed by atoms with Crippen molar-refractivity contribution >= 4 is 71.1 Å². The summed E-state index contributed by atoms with van der Waals surface area (Å²) in [6, 6.07) is 25.4. The molecular weight excluding hydrogens is 889 g/mol. The second-order valence-electron chi connectivity index (χ2n) is 15.0. The molecule has 10 nitrogen and oxygen atoms in total. The molecule has 0 saturated heterocycles. The topological polar surface area (TPSA) is 136 Å². The van der Waals surface area contributed by atoms with Crippen LogP contribution in [0.4, 0.5) is 8.78 Å². The average molecular weight is 929 g/mol. The van der Waals surface area contributed by atoms with Gasteiger partial charge in [-0.2, -0.15) is 4.31 Å². The van der Waals surface area contributed by atoms with Crippen molar-refractivity contribution in [2.75, 3.05) is 14.2 Å². The van der Waals surface area contributed by atoms with Crippen molar-refractivity contribution in [1.82, 2.24) is 9.03 Å². The molecule has 0 aliphatic heterocycles. The molecule has 0 unspecified atom stereocenters. The van der Waals surface area contributed by atoms with Crippen molar-refractivity contribution in [3.05, 3.63) is 130 Å². The second-order valence-corrected chi connectivity index (χ2v) is 19.9. The van der Waals surface area contributed by atoms with Crippen LogP contribution in [-0.2, 0) is 51.0 Å². The van der Waals surface area contributed by atoms with Crippen LogP contribution in [0.2, 0.25) is 10.0 Å². The van der Waals surface area contributed by atoms with Crippen molar-refractivity contribution in [2.45, 2.75) is 71.3 Å². The van der Waals surface area contributed by atoms with E-state index in [2.05, 4.69) is 20.7 Å². The molecule has 4 aromatic rings. The highest BCUT2D eigenvalue weighted by Crippen LogP contribution is 2.71. The molecule has 57 heavy (non-hydrogen) atoms. The fraction of sp³-hybridized carbons (Fsp3) is 0.350. The predicted molar refractivity (Wildman–Crippen MR) is 213 cm³/mol.